The summed E-state index contributed by atoms with van der Waals surface area (Å²) in [6, 6.07) is -4.47. The average Bonchev–Trinajstić information content (AvgIpc) is 3.04. The topological polar surface area (TPSA) is 183 Å². The summed E-state index contributed by atoms with van der Waals surface area (Å²) in [7, 11) is 1.53. The Hall–Kier alpha value is -3.22. The highest BCUT2D eigenvalue weighted by Crippen LogP contribution is 2.23. The van der Waals surface area contributed by atoms with Crippen molar-refractivity contribution in [2.75, 3.05) is 20.2 Å². The van der Waals surface area contributed by atoms with Crippen LogP contribution >= 0.6 is 0 Å². The molecule has 0 spiro atoms. The SMILES string of the molecule is CCCCCCCC1OC(=O)NCC(=O)C(C(C)C)NC(=O)C(CO)NC(=O)C(C(C)CC)NC(=O)C(C(C)CC)N(C)C(=O)C1C. The fraction of sp³-hybridized carbons (Fsp3) is 0.824. The molecular formula is C34H61N5O8. The normalized spacial score (nSPS) is 27.4. The van der Waals surface area contributed by atoms with Gasteiger partial charge in [0, 0.05) is 7.05 Å². The van der Waals surface area contributed by atoms with E-state index in [-0.39, 0.29) is 17.8 Å². The van der Waals surface area contributed by atoms with Gasteiger partial charge in [0.1, 0.15) is 24.2 Å². The Morgan fingerprint density at radius 2 is 1.40 bits per heavy atom. The second-order valence-electron chi connectivity index (χ2n) is 13.4. The molecule has 1 heterocycles. The van der Waals surface area contributed by atoms with Gasteiger partial charge in [-0.2, -0.15) is 0 Å². The van der Waals surface area contributed by atoms with E-state index < -0.39 is 84.8 Å². The first-order valence-electron chi connectivity index (χ1n) is 17.4. The third kappa shape index (κ3) is 12.7. The van der Waals surface area contributed by atoms with E-state index in [4.69, 9.17) is 4.74 Å². The molecule has 13 heteroatoms. The summed E-state index contributed by atoms with van der Waals surface area (Å²) in [5.41, 5.74) is 0. The minimum absolute atomic E-state index is 0.294. The number of rotatable bonds is 12. The van der Waals surface area contributed by atoms with Crippen molar-refractivity contribution in [1.29, 1.82) is 0 Å². The zero-order valence-electron chi connectivity index (χ0n) is 30.0. The number of likely N-dealkylation sites (N-methyl/N-ethyl adjacent to an activating group) is 1. The van der Waals surface area contributed by atoms with Crippen LogP contribution in [0.5, 0.6) is 0 Å². The van der Waals surface area contributed by atoms with E-state index in [0.717, 1.165) is 25.7 Å². The smallest absolute Gasteiger partial charge is 0.407 e. The number of aliphatic hydroxyl groups is 1. The quantitative estimate of drug-likeness (QED) is 0.197. The van der Waals surface area contributed by atoms with Crippen LogP contribution in [0.1, 0.15) is 107 Å². The van der Waals surface area contributed by atoms with Crippen LogP contribution in [-0.4, -0.2) is 96.0 Å². The molecule has 8 atom stereocenters. The molecule has 0 aromatic carbocycles. The Morgan fingerprint density at radius 3 is 1.96 bits per heavy atom. The molecule has 0 aromatic heterocycles. The number of hydrogen-bond acceptors (Lipinski definition) is 8. The number of hydrogen-bond donors (Lipinski definition) is 5. The Balaban J connectivity index is 3.62. The molecule has 1 aliphatic rings. The van der Waals surface area contributed by atoms with E-state index in [0.29, 0.717) is 25.7 Å². The summed E-state index contributed by atoms with van der Waals surface area (Å²) >= 11 is 0. The maximum absolute atomic E-state index is 14.0. The van der Waals surface area contributed by atoms with Crippen LogP contribution in [0.3, 0.4) is 0 Å². The standard InChI is InChI=1S/C34H61N5O8/c1-10-13-14-15-16-17-26-23(8)33(45)39(9)29(22(7)12-3)32(44)38-28(21(6)11-2)31(43)36-24(19-40)30(42)37-27(20(4)5)25(41)18-35-34(46)47-26/h20-24,26-29,40H,10-19H2,1-9H3,(H,35,46)(H,36,43)(H,37,42)(H,38,44). The Labute approximate surface area is 281 Å². The maximum Gasteiger partial charge on any atom is 0.407 e. The number of carbonyl (C=O) groups is 6. The number of ketones is 1. The van der Waals surface area contributed by atoms with Gasteiger partial charge in [-0.05, 0) is 30.6 Å². The summed E-state index contributed by atoms with van der Waals surface area (Å²) in [4.78, 5) is 82.1. The molecule has 47 heavy (non-hydrogen) atoms. The van der Waals surface area contributed by atoms with Crippen molar-refractivity contribution in [2.24, 2.45) is 23.7 Å². The fourth-order valence-electron chi connectivity index (χ4n) is 5.73. The lowest BCUT2D eigenvalue weighted by molar-refractivity contribution is -0.147. The van der Waals surface area contributed by atoms with Crippen molar-refractivity contribution in [3.05, 3.63) is 0 Å². The van der Waals surface area contributed by atoms with Crippen molar-refractivity contribution >= 4 is 35.5 Å². The van der Waals surface area contributed by atoms with Crippen molar-refractivity contribution < 1.29 is 38.6 Å². The molecule has 1 aliphatic heterocycles. The van der Waals surface area contributed by atoms with E-state index in [1.165, 1.54) is 11.9 Å². The largest absolute Gasteiger partial charge is 0.445 e. The maximum atomic E-state index is 14.0. The first-order valence-corrected chi connectivity index (χ1v) is 17.4. The Morgan fingerprint density at radius 1 is 0.809 bits per heavy atom. The number of nitrogens with one attached hydrogen (secondary N) is 4. The lowest BCUT2D eigenvalue weighted by Crippen LogP contribution is -2.61. The van der Waals surface area contributed by atoms with Crippen LogP contribution in [0.4, 0.5) is 4.79 Å². The molecule has 0 radical (unpaired) electrons. The van der Waals surface area contributed by atoms with Crippen LogP contribution in [0.2, 0.25) is 0 Å². The van der Waals surface area contributed by atoms with E-state index in [1.807, 2.05) is 20.8 Å². The minimum Gasteiger partial charge on any atom is -0.445 e. The number of carbonyl (C=O) groups excluding carboxylic acids is 6. The molecule has 13 nitrogen and oxygen atoms in total. The molecule has 1 rings (SSSR count). The van der Waals surface area contributed by atoms with Gasteiger partial charge < -0.3 is 36.0 Å². The fourth-order valence-corrected chi connectivity index (χ4v) is 5.73. The average molecular weight is 668 g/mol. The molecule has 8 unspecified atom stereocenters. The number of cyclic esters (lactones) is 1. The Bertz CT molecular complexity index is 1050. The number of Topliss-reactive ketones (excluding diaryl/α,β-unsaturated/α-hetero) is 1. The Kier molecular flexibility index (Phi) is 18.6. The summed E-state index contributed by atoms with van der Waals surface area (Å²) < 4.78 is 5.75. The molecule has 270 valence electrons. The van der Waals surface area contributed by atoms with Gasteiger partial charge in [-0.3, -0.25) is 24.0 Å². The van der Waals surface area contributed by atoms with Crippen LogP contribution < -0.4 is 21.3 Å². The molecular weight excluding hydrogens is 606 g/mol. The second-order valence-corrected chi connectivity index (χ2v) is 13.4. The highest BCUT2D eigenvalue weighted by molar-refractivity contribution is 5.97. The molecule has 5 N–H and O–H groups in total. The molecule has 0 bridgehead atoms. The first kappa shape index (κ1) is 41.8. The summed E-state index contributed by atoms with van der Waals surface area (Å²) in [5, 5.41) is 20.4. The van der Waals surface area contributed by atoms with Gasteiger partial charge in [0.2, 0.25) is 23.6 Å². The molecule has 0 aromatic rings. The number of ether oxygens (including phenoxy) is 1. The second kappa shape index (κ2) is 20.9. The third-order valence-corrected chi connectivity index (χ3v) is 9.34. The van der Waals surface area contributed by atoms with E-state index in [9.17, 15) is 33.9 Å². The highest BCUT2D eigenvalue weighted by Gasteiger charge is 2.39. The summed E-state index contributed by atoms with van der Waals surface area (Å²) in [5.74, 6) is -4.76. The van der Waals surface area contributed by atoms with Crippen molar-refractivity contribution in [2.45, 2.75) is 137 Å². The lowest BCUT2D eigenvalue weighted by Gasteiger charge is -2.36. The van der Waals surface area contributed by atoms with Gasteiger partial charge in [-0.1, -0.05) is 93.9 Å². The van der Waals surface area contributed by atoms with Gasteiger partial charge in [0.15, 0.2) is 5.78 Å². The first-order chi connectivity index (χ1) is 22.1. The van der Waals surface area contributed by atoms with Gasteiger partial charge >= 0.3 is 6.09 Å². The molecule has 1 saturated heterocycles. The van der Waals surface area contributed by atoms with Crippen molar-refractivity contribution in [3.8, 4) is 0 Å². The van der Waals surface area contributed by atoms with Crippen molar-refractivity contribution in [1.82, 2.24) is 26.2 Å². The number of aliphatic hydroxyl groups excluding tert-OH is 1. The monoisotopic (exact) mass is 667 g/mol. The van der Waals surface area contributed by atoms with Gasteiger partial charge in [-0.25, -0.2) is 4.79 Å². The van der Waals surface area contributed by atoms with Gasteiger partial charge in [-0.15, -0.1) is 0 Å². The molecule has 1 fully saturated rings. The zero-order valence-corrected chi connectivity index (χ0v) is 30.0. The van der Waals surface area contributed by atoms with E-state index in [1.54, 1.807) is 27.7 Å². The number of amides is 5. The summed E-state index contributed by atoms with van der Waals surface area (Å²) in [6.45, 7) is 13.4. The van der Waals surface area contributed by atoms with E-state index >= 15 is 0 Å². The zero-order chi connectivity index (χ0) is 35.8. The molecule has 0 aliphatic carbocycles. The molecule has 5 amide bonds. The van der Waals surface area contributed by atoms with Crippen LogP contribution in [0.15, 0.2) is 0 Å². The van der Waals surface area contributed by atoms with Crippen LogP contribution in [0.25, 0.3) is 0 Å². The van der Waals surface area contributed by atoms with Gasteiger partial charge in [0.05, 0.1) is 25.1 Å². The van der Waals surface area contributed by atoms with Crippen LogP contribution in [-0.2, 0) is 28.7 Å². The molecule has 0 saturated carbocycles. The van der Waals surface area contributed by atoms with Crippen LogP contribution in [0, 0.1) is 23.7 Å². The van der Waals surface area contributed by atoms with Crippen molar-refractivity contribution in [3.63, 3.8) is 0 Å². The minimum atomic E-state index is -1.41. The number of alkyl carbamates (subject to hydrolysis) is 1. The summed E-state index contributed by atoms with van der Waals surface area (Å²) in [6.07, 6.45) is 4.53. The predicted molar refractivity (Wildman–Crippen MR) is 179 cm³/mol. The third-order valence-electron chi connectivity index (χ3n) is 9.34. The van der Waals surface area contributed by atoms with Gasteiger partial charge in [0.25, 0.3) is 0 Å². The van der Waals surface area contributed by atoms with E-state index in [2.05, 4.69) is 28.2 Å². The lowest BCUT2D eigenvalue weighted by atomic mass is 9.92. The number of unbranched alkanes of at least 4 members (excludes halogenated alkanes) is 4. The highest BCUT2D eigenvalue weighted by atomic mass is 16.6. The number of nitrogens with zero attached hydrogens (tertiary/aromatic N) is 1. The predicted octanol–water partition coefficient (Wildman–Crippen LogP) is 2.68.